The van der Waals surface area contributed by atoms with Gasteiger partial charge < -0.3 is 10.1 Å². The van der Waals surface area contributed by atoms with Crippen LogP contribution in [0.25, 0.3) is 10.9 Å². The van der Waals surface area contributed by atoms with E-state index < -0.39 is 0 Å². The lowest BCUT2D eigenvalue weighted by Gasteiger charge is -2.16. The molecule has 3 rings (SSSR count). The van der Waals surface area contributed by atoms with E-state index in [-0.39, 0.29) is 23.9 Å². The Balaban J connectivity index is 2.00. The van der Waals surface area contributed by atoms with Crippen molar-refractivity contribution in [2.75, 3.05) is 12.4 Å². The Morgan fingerprint density at radius 2 is 1.89 bits per heavy atom. The zero-order valence-corrected chi connectivity index (χ0v) is 16.1. The second kappa shape index (κ2) is 7.66. The predicted molar refractivity (Wildman–Crippen MR) is 109 cm³/mol. The summed E-state index contributed by atoms with van der Waals surface area (Å²) >= 11 is 0. The number of hydrogen-bond acceptors (Lipinski definition) is 3. The van der Waals surface area contributed by atoms with E-state index in [0.29, 0.717) is 11.3 Å². The first kappa shape index (κ1) is 18.7. The highest BCUT2D eigenvalue weighted by atomic mass is 16.5. The third-order valence-corrected chi connectivity index (χ3v) is 4.68. The summed E-state index contributed by atoms with van der Waals surface area (Å²) in [5, 5.41) is 3.84. The highest BCUT2D eigenvalue weighted by molar-refractivity contribution is 5.94. The molecular weight excluding hydrogens is 340 g/mol. The molecule has 2 aromatic carbocycles. The molecular formula is C22H24N2O3. The monoisotopic (exact) mass is 364 g/mol. The molecule has 5 heteroatoms. The number of ether oxygens (including phenoxy) is 1. The van der Waals surface area contributed by atoms with E-state index in [4.69, 9.17) is 4.74 Å². The number of carbonyl (C=O) groups is 1. The molecule has 1 heterocycles. The van der Waals surface area contributed by atoms with Crippen molar-refractivity contribution in [3.05, 3.63) is 70.0 Å². The average Bonchev–Trinajstić information content (AvgIpc) is 2.64. The molecule has 140 valence electrons. The lowest BCUT2D eigenvalue weighted by atomic mass is 10.0. The quantitative estimate of drug-likeness (QED) is 0.742. The lowest BCUT2D eigenvalue weighted by Crippen LogP contribution is -2.28. The largest absolute Gasteiger partial charge is 0.495 e. The number of rotatable bonds is 5. The highest BCUT2D eigenvalue weighted by Gasteiger charge is 2.15. The number of carbonyl (C=O) groups excluding carboxylic acids is 1. The SMILES string of the molecule is COc1cccc2c(C)cc(=O)n(CC(=O)Nc3ccccc3C(C)C)c12. The Morgan fingerprint density at radius 3 is 2.59 bits per heavy atom. The molecule has 0 fully saturated rings. The van der Waals surface area contributed by atoms with Gasteiger partial charge in [0.25, 0.3) is 5.56 Å². The van der Waals surface area contributed by atoms with Gasteiger partial charge in [0.2, 0.25) is 5.91 Å². The molecule has 0 radical (unpaired) electrons. The Hall–Kier alpha value is -3.08. The number of hydrogen-bond donors (Lipinski definition) is 1. The van der Waals surface area contributed by atoms with Crippen LogP contribution in [0.2, 0.25) is 0 Å². The second-order valence-corrected chi connectivity index (χ2v) is 6.90. The van der Waals surface area contributed by atoms with E-state index >= 15 is 0 Å². The first-order valence-electron chi connectivity index (χ1n) is 8.98. The molecule has 0 aliphatic carbocycles. The number of anilines is 1. The van der Waals surface area contributed by atoms with Gasteiger partial charge in [0, 0.05) is 17.1 Å². The number of nitrogens with one attached hydrogen (secondary N) is 1. The molecule has 1 amide bonds. The molecule has 0 bridgehead atoms. The third-order valence-electron chi connectivity index (χ3n) is 4.68. The van der Waals surface area contributed by atoms with Gasteiger partial charge in [-0.15, -0.1) is 0 Å². The fourth-order valence-electron chi connectivity index (χ4n) is 3.34. The first-order chi connectivity index (χ1) is 12.9. The third kappa shape index (κ3) is 3.72. The maximum atomic E-state index is 12.7. The maximum Gasteiger partial charge on any atom is 0.251 e. The molecule has 5 nitrogen and oxygen atoms in total. The zero-order chi connectivity index (χ0) is 19.6. The summed E-state index contributed by atoms with van der Waals surface area (Å²) in [5.41, 5.74) is 3.10. The summed E-state index contributed by atoms with van der Waals surface area (Å²) in [4.78, 5) is 25.3. The van der Waals surface area contributed by atoms with Crippen LogP contribution in [0.4, 0.5) is 5.69 Å². The van der Waals surface area contributed by atoms with Gasteiger partial charge in [-0.2, -0.15) is 0 Å². The lowest BCUT2D eigenvalue weighted by molar-refractivity contribution is -0.116. The van der Waals surface area contributed by atoms with Crippen LogP contribution in [0, 0.1) is 6.92 Å². The van der Waals surface area contributed by atoms with Crippen molar-refractivity contribution >= 4 is 22.5 Å². The zero-order valence-electron chi connectivity index (χ0n) is 16.1. The van der Waals surface area contributed by atoms with E-state index in [9.17, 15) is 9.59 Å². The van der Waals surface area contributed by atoms with Crippen LogP contribution in [0.1, 0.15) is 30.9 Å². The van der Waals surface area contributed by atoms with E-state index in [1.807, 2.05) is 43.3 Å². The van der Waals surface area contributed by atoms with Crippen LogP contribution in [-0.4, -0.2) is 17.6 Å². The Labute approximate surface area is 158 Å². The number of fused-ring (bicyclic) bond motifs is 1. The molecule has 0 aliphatic rings. The summed E-state index contributed by atoms with van der Waals surface area (Å²) in [5.74, 6) is 0.606. The summed E-state index contributed by atoms with van der Waals surface area (Å²) in [6, 6.07) is 14.9. The molecule has 0 atom stereocenters. The minimum absolute atomic E-state index is 0.0809. The standard InChI is InChI=1S/C22H24N2O3/c1-14(2)16-8-5-6-10-18(16)23-20(25)13-24-21(26)12-15(3)17-9-7-11-19(27-4)22(17)24/h5-12,14H,13H2,1-4H3,(H,23,25). The van der Waals surface area contributed by atoms with E-state index in [0.717, 1.165) is 22.2 Å². The molecule has 0 saturated carbocycles. The fourth-order valence-corrected chi connectivity index (χ4v) is 3.34. The van der Waals surface area contributed by atoms with Crippen LogP contribution in [-0.2, 0) is 11.3 Å². The molecule has 3 aromatic rings. The molecule has 0 saturated heterocycles. The van der Waals surface area contributed by atoms with E-state index in [1.165, 1.54) is 4.57 Å². The number of nitrogens with zero attached hydrogens (tertiary/aromatic N) is 1. The van der Waals surface area contributed by atoms with Crippen molar-refractivity contribution in [1.29, 1.82) is 0 Å². The molecule has 1 N–H and O–H groups in total. The topological polar surface area (TPSA) is 60.3 Å². The Morgan fingerprint density at radius 1 is 1.15 bits per heavy atom. The minimum atomic E-state index is -0.249. The molecule has 27 heavy (non-hydrogen) atoms. The summed E-state index contributed by atoms with van der Waals surface area (Å²) in [7, 11) is 1.56. The summed E-state index contributed by atoms with van der Waals surface area (Å²) < 4.78 is 6.90. The minimum Gasteiger partial charge on any atom is -0.495 e. The fraction of sp³-hybridized carbons (Fsp3) is 0.273. The van der Waals surface area contributed by atoms with Gasteiger partial charge in [0.05, 0.1) is 12.6 Å². The highest BCUT2D eigenvalue weighted by Crippen LogP contribution is 2.27. The Kier molecular flexibility index (Phi) is 5.31. The van der Waals surface area contributed by atoms with Crippen LogP contribution in [0.15, 0.2) is 53.3 Å². The summed E-state index contributed by atoms with van der Waals surface area (Å²) in [6.07, 6.45) is 0. The number of methoxy groups -OCH3 is 1. The van der Waals surface area contributed by atoms with Crippen molar-refractivity contribution in [2.24, 2.45) is 0 Å². The van der Waals surface area contributed by atoms with Gasteiger partial charge in [0.1, 0.15) is 12.3 Å². The van der Waals surface area contributed by atoms with Crippen molar-refractivity contribution in [3.8, 4) is 5.75 Å². The molecule has 0 aliphatic heterocycles. The van der Waals surface area contributed by atoms with Gasteiger partial charge in [-0.25, -0.2) is 0 Å². The molecule has 0 unspecified atom stereocenters. The van der Waals surface area contributed by atoms with Gasteiger partial charge in [-0.3, -0.25) is 14.2 Å². The maximum absolute atomic E-state index is 12.7. The van der Waals surface area contributed by atoms with Gasteiger partial charge >= 0.3 is 0 Å². The van der Waals surface area contributed by atoms with Crippen molar-refractivity contribution < 1.29 is 9.53 Å². The Bertz CT molecular complexity index is 1050. The second-order valence-electron chi connectivity index (χ2n) is 6.90. The number of amides is 1. The van der Waals surface area contributed by atoms with Crippen molar-refractivity contribution in [3.63, 3.8) is 0 Å². The predicted octanol–water partition coefficient (Wildman–Crippen LogP) is 4.08. The number of pyridine rings is 1. The molecule has 1 aromatic heterocycles. The van der Waals surface area contributed by atoms with E-state index in [1.54, 1.807) is 19.2 Å². The van der Waals surface area contributed by atoms with Crippen LogP contribution in [0.5, 0.6) is 5.75 Å². The van der Waals surface area contributed by atoms with Crippen LogP contribution < -0.4 is 15.6 Å². The number of para-hydroxylation sites is 2. The number of aromatic nitrogens is 1. The molecule has 0 spiro atoms. The smallest absolute Gasteiger partial charge is 0.251 e. The van der Waals surface area contributed by atoms with Crippen LogP contribution >= 0.6 is 0 Å². The normalized spacial score (nSPS) is 11.0. The van der Waals surface area contributed by atoms with Crippen LogP contribution in [0.3, 0.4) is 0 Å². The van der Waals surface area contributed by atoms with Gasteiger partial charge in [0.15, 0.2) is 0 Å². The first-order valence-corrected chi connectivity index (χ1v) is 8.98. The number of benzene rings is 2. The number of aryl methyl sites for hydroxylation is 1. The van der Waals surface area contributed by atoms with Gasteiger partial charge in [-0.05, 0) is 36.1 Å². The summed E-state index contributed by atoms with van der Waals surface area (Å²) in [6.45, 7) is 5.95. The van der Waals surface area contributed by atoms with Crippen molar-refractivity contribution in [2.45, 2.75) is 33.2 Å². The van der Waals surface area contributed by atoms with E-state index in [2.05, 4.69) is 19.2 Å². The average molecular weight is 364 g/mol. The van der Waals surface area contributed by atoms with Crippen molar-refractivity contribution in [1.82, 2.24) is 4.57 Å². The van der Waals surface area contributed by atoms with Gasteiger partial charge in [-0.1, -0.05) is 44.2 Å².